The molecule has 0 unspecified atom stereocenters. The van der Waals surface area contributed by atoms with E-state index >= 15 is 0 Å². The van der Waals surface area contributed by atoms with E-state index in [0.29, 0.717) is 11.5 Å². The number of aryl methyl sites for hydroxylation is 1. The van der Waals surface area contributed by atoms with Gasteiger partial charge in [0.25, 0.3) is 0 Å². The summed E-state index contributed by atoms with van der Waals surface area (Å²) in [5, 5.41) is 12.0. The second-order valence-electron chi connectivity index (χ2n) is 5.10. The molecular formula is C18H15NO3. The first-order valence-electron chi connectivity index (χ1n) is 6.93. The minimum absolute atomic E-state index is 0.0959. The zero-order chi connectivity index (χ0) is 15.7. The molecular weight excluding hydrogens is 278 g/mol. The predicted molar refractivity (Wildman–Crippen MR) is 87.2 cm³/mol. The van der Waals surface area contributed by atoms with Crippen LogP contribution in [0.2, 0.25) is 0 Å². The van der Waals surface area contributed by atoms with Crippen LogP contribution in [-0.4, -0.2) is 10.8 Å². The Kier molecular flexibility index (Phi) is 3.51. The first-order valence-corrected chi connectivity index (χ1v) is 6.93. The van der Waals surface area contributed by atoms with Crippen LogP contribution in [0.4, 0.5) is 5.69 Å². The molecule has 110 valence electrons. The van der Waals surface area contributed by atoms with Crippen molar-refractivity contribution in [3.05, 3.63) is 70.3 Å². The number of hydrogen-bond donors (Lipinski definition) is 1. The van der Waals surface area contributed by atoms with Crippen LogP contribution in [0.3, 0.4) is 0 Å². The molecule has 0 atom stereocenters. The van der Waals surface area contributed by atoms with Crippen LogP contribution in [0, 0.1) is 6.92 Å². The van der Waals surface area contributed by atoms with Crippen molar-refractivity contribution in [2.24, 2.45) is 4.99 Å². The molecule has 0 fully saturated rings. The van der Waals surface area contributed by atoms with E-state index in [9.17, 15) is 9.90 Å². The summed E-state index contributed by atoms with van der Waals surface area (Å²) >= 11 is 0. The fourth-order valence-corrected chi connectivity index (χ4v) is 2.47. The van der Waals surface area contributed by atoms with Gasteiger partial charge in [-0.3, -0.25) is 4.99 Å². The van der Waals surface area contributed by atoms with Crippen molar-refractivity contribution >= 4 is 22.2 Å². The van der Waals surface area contributed by atoms with E-state index in [1.54, 1.807) is 13.8 Å². The highest BCUT2D eigenvalue weighted by Gasteiger charge is 2.13. The molecule has 1 N–H and O–H groups in total. The van der Waals surface area contributed by atoms with Crippen LogP contribution < -0.4 is 5.63 Å². The van der Waals surface area contributed by atoms with Crippen molar-refractivity contribution < 1.29 is 9.52 Å². The van der Waals surface area contributed by atoms with Gasteiger partial charge in [-0.05, 0) is 25.3 Å². The van der Waals surface area contributed by atoms with Crippen LogP contribution in [0.25, 0.3) is 10.8 Å². The zero-order valence-corrected chi connectivity index (χ0v) is 12.3. The molecule has 0 saturated carbocycles. The number of benzene rings is 2. The van der Waals surface area contributed by atoms with E-state index in [1.807, 2.05) is 42.5 Å². The molecule has 0 saturated heterocycles. The Balaban J connectivity index is 2.18. The summed E-state index contributed by atoms with van der Waals surface area (Å²) in [7, 11) is 0. The summed E-state index contributed by atoms with van der Waals surface area (Å²) in [6, 6.07) is 15.1. The molecule has 3 aromatic rings. The minimum atomic E-state index is -0.584. The van der Waals surface area contributed by atoms with Gasteiger partial charge in [0.15, 0.2) is 0 Å². The lowest BCUT2D eigenvalue weighted by molar-refractivity contribution is 0.432. The molecule has 1 aromatic heterocycles. The molecule has 0 aliphatic carbocycles. The molecule has 4 nitrogen and oxygen atoms in total. The normalized spacial score (nSPS) is 11.8. The lowest BCUT2D eigenvalue weighted by Gasteiger charge is -2.05. The lowest BCUT2D eigenvalue weighted by Crippen LogP contribution is -2.12. The third kappa shape index (κ3) is 2.51. The van der Waals surface area contributed by atoms with Crippen LogP contribution >= 0.6 is 0 Å². The maximum atomic E-state index is 11.9. The topological polar surface area (TPSA) is 62.8 Å². The first kappa shape index (κ1) is 14.1. The summed E-state index contributed by atoms with van der Waals surface area (Å²) in [5.74, 6) is 0.249. The molecule has 4 heteroatoms. The van der Waals surface area contributed by atoms with Gasteiger partial charge in [-0.15, -0.1) is 0 Å². The summed E-state index contributed by atoms with van der Waals surface area (Å²) < 4.78 is 5.04. The van der Waals surface area contributed by atoms with E-state index < -0.39 is 5.63 Å². The third-order valence-corrected chi connectivity index (χ3v) is 3.47. The summed E-state index contributed by atoms with van der Waals surface area (Å²) in [6.45, 7) is 3.30. The molecule has 0 spiro atoms. The van der Waals surface area contributed by atoms with E-state index in [-0.39, 0.29) is 11.3 Å². The van der Waals surface area contributed by atoms with E-state index in [2.05, 4.69) is 4.99 Å². The quantitative estimate of drug-likeness (QED) is 0.728. The van der Waals surface area contributed by atoms with Gasteiger partial charge < -0.3 is 9.52 Å². The monoisotopic (exact) mass is 293 g/mol. The number of hydrogen-bond acceptors (Lipinski definition) is 4. The molecule has 1 heterocycles. The van der Waals surface area contributed by atoms with E-state index in [1.165, 1.54) is 6.07 Å². The summed E-state index contributed by atoms with van der Waals surface area (Å²) in [6.07, 6.45) is 0. The van der Waals surface area contributed by atoms with Crippen molar-refractivity contribution in [2.45, 2.75) is 13.8 Å². The second-order valence-corrected chi connectivity index (χ2v) is 5.10. The first-order chi connectivity index (χ1) is 10.6. The smallest absolute Gasteiger partial charge is 0.348 e. The van der Waals surface area contributed by atoms with Crippen molar-refractivity contribution in [1.29, 1.82) is 0 Å². The molecule has 0 bridgehead atoms. The van der Waals surface area contributed by atoms with Crippen molar-refractivity contribution in [3.8, 4) is 5.75 Å². The zero-order valence-electron chi connectivity index (χ0n) is 12.3. The number of nitrogens with zero attached hydrogens (tertiary/aromatic N) is 1. The SMILES string of the molecule is CC(=Nc1cccc2ccccc12)c1c(O)cc(C)oc1=O. The van der Waals surface area contributed by atoms with E-state index in [4.69, 9.17) is 4.42 Å². The number of fused-ring (bicyclic) bond motifs is 1. The Hall–Kier alpha value is -2.88. The van der Waals surface area contributed by atoms with Crippen LogP contribution in [0.15, 0.2) is 62.7 Å². The van der Waals surface area contributed by atoms with Gasteiger partial charge >= 0.3 is 5.63 Å². The molecule has 0 aliphatic heterocycles. The highest BCUT2D eigenvalue weighted by molar-refractivity contribution is 6.04. The number of rotatable bonds is 2. The van der Waals surface area contributed by atoms with Gasteiger partial charge in [0.05, 0.1) is 11.4 Å². The largest absolute Gasteiger partial charge is 0.507 e. The summed E-state index contributed by atoms with van der Waals surface area (Å²) in [4.78, 5) is 16.5. The van der Waals surface area contributed by atoms with Gasteiger partial charge in [-0.1, -0.05) is 36.4 Å². The predicted octanol–water partition coefficient (Wildman–Crippen LogP) is 3.95. The van der Waals surface area contributed by atoms with Gasteiger partial charge in [0.2, 0.25) is 0 Å². The van der Waals surface area contributed by atoms with E-state index in [0.717, 1.165) is 16.5 Å². The Morgan fingerprint density at radius 3 is 2.64 bits per heavy atom. The second kappa shape index (κ2) is 5.48. The van der Waals surface area contributed by atoms with Crippen LogP contribution in [0.1, 0.15) is 18.2 Å². The molecule has 0 amide bonds. The molecule has 3 rings (SSSR count). The Morgan fingerprint density at radius 1 is 1.14 bits per heavy atom. The number of aromatic hydroxyl groups is 1. The maximum absolute atomic E-state index is 11.9. The molecule has 2 aromatic carbocycles. The van der Waals surface area contributed by atoms with Gasteiger partial charge in [-0.25, -0.2) is 4.79 Å². The fourth-order valence-electron chi connectivity index (χ4n) is 2.47. The Bertz CT molecular complexity index is 933. The molecule has 0 aliphatic rings. The Morgan fingerprint density at radius 2 is 1.86 bits per heavy atom. The standard InChI is InChI=1S/C18H15NO3/c1-11-10-16(20)17(18(21)22-11)12(2)19-15-9-5-7-13-6-3-4-8-14(13)15/h3-10,20H,1-2H3. The van der Waals surface area contributed by atoms with Gasteiger partial charge in [0, 0.05) is 11.5 Å². The third-order valence-electron chi connectivity index (χ3n) is 3.47. The average molecular weight is 293 g/mol. The minimum Gasteiger partial charge on any atom is -0.507 e. The highest BCUT2D eigenvalue weighted by Crippen LogP contribution is 2.27. The average Bonchev–Trinajstić information content (AvgIpc) is 2.46. The van der Waals surface area contributed by atoms with Crippen molar-refractivity contribution in [1.82, 2.24) is 0 Å². The maximum Gasteiger partial charge on any atom is 0.348 e. The van der Waals surface area contributed by atoms with Gasteiger partial charge in [0.1, 0.15) is 17.1 Å². The fraction of sp³-hybridized carbons (Fsp3) is 0.111. The molecule has 0 radical (unpaired) electrons. The number of aliphatic imine (C=N–C) groups is 1. The van der Waals surface area contributed by atoms with Crippen molar-refractivity contribution in [2.75, 3.05) is 0 Å². The molecule has 22 heavy (non-hydrogen) atoms. The Labute approximate surface area is 127 Å². The lowest BCUT2D eigenvalue weighted by atomic mass is 10.1. The van der Waals surface area contributed by atoms with Crippen molar-refractivity contribution in [3.63, 3.8) is 0 Å². The van der Waals surface area contributed by atoms with Crippen LogP contribution in [-0.2, 0) is 0 Å². The highest BCUT2D eigenvalue weighted by atomic mass is 16.4. The summed E-state index contributed by atoms with van der Waals surface area (Å²) in [5.41, 5.74) is 0.676. The van der Waals surface area contributed by atoms with Crippen LogP contribution in [0.5, 0.6) is 5.75 Å². The van der Waals surface area contributed by atoms with Gasteiger partial charge in [-0.2, -0.15) is 0 Å².